The molecule has 1 aromatic carbocycles. The maximum absolute atomic E-state index is 12.5. The van der Waals surface area contributed by atoms with Crippen molar-refractivity contribution in [3.63, 3.8) is 0 Å². The zero-order valence-corrected chi connectivity index (χ0v) is 28.9. The molecule has 2 saturated carbocycles. The van der Waals surface area contributed by atoms with Crippen LogP contribution in [0.25, 0.3) is 0 Å². The van der Waals surface area contributed by atoms with Crippen LogP contribution in [0, 0.1) is 5.92 Å². The van der Waals surface area contributed by atoms with E-state index in [0.29, 0.717) is 55.3 Å². The monoisotopic (exact) mass is 653 g/mol. The maximum atomic E-state index is 12.5. The molecule has 0 radical (unpaired) electrons. The number of aliphatic hydroxyl groups is 2. The van der Waals surface area contributed by atoms with E-state index in [-0.39, 0.29) is 12.8 Å². The number of nitrogens with zero attached hydrogens (tertiary/aromatic N) is 1. The Balaban J connectivity index is 0.932. The molecule has 47 heavy (non-hydrogen) atoms. The standard InChI is InChI=1S/C39H59NO7/c1-3-4-5-6-7-8-9-10-11-12-13-14-15-16-25-44-36(41)46-28-45-32-20-19-31-26-33-38(42)22-21-29(2)39(43)37(38,34(31)35(32)47-39)23-24-40(33)27-30-17-18-30/h19-20,30,33,42-43H,2-18,21-28H2,1H3/t33?,37-,38-,39+/m1/s1. The number of rotatable bonds is 20. The second kappa shape index (κ2) is 15.1. The number of ether oxygens (including phenoxy) is 4. The minimum absolute atomic E-state index is 0.0805. The molecule has 6 rings (SSSR count). The second-order valence-electron chi connectivity index (χ2n) is 15.1. The van der Waals surface area contributed by atoms with Crippen LogP contribution in [0.15, 0.2) is 24.3 Å². The van der Waals surface area contributed by atoms with Gasteiger partial charge >= 0.3 is 6.16 Å². The van der Waals surface area contributed by atoms with Gasteiger partial charge in [0.05, 0.1) is 12.2 Å². The highest BCUT2D eigenvalue weighted by atomic mass is 16.8. The first-order valence-corrected chi connectivity index (χ1v) is 19.0. The minimum Gasteiger partial charge on any atom is -0.453 e. The molecular formula is C39H59NO7. The Morgan fingerprint density at radius 2 is 1.60 bits per heavy atom. The summed E-state index contributed by atoms with van der Waals surface area (Å²) in [6.07, 6.45) is 21.9. The molecule has 0 amide bonds. The molecule has 3 fully saturated rings. The average molecular weight is 654 g/mol. The molecule has 1 spiro atoms. The van der Waals surface area contributed by atoms with Gasteiger partial charge in [0.25, 0.3) is 0 Å². The van der Waals surface area contributed by atoms with Crippen molar-refractivity contribution in [1.29, 1.82) is 0 Å². The highest BCUT2D eigenvalue weighted by Crippen LogP contribution is 2.69. The zero-order valence-electron chi connectivity index (χ0n) is 28.9. The summed E-state index contributed by atoms with van der Waals surface area (Å²) in [7, 11) is 0. The molecule has 4 atom stereocenters. The van der Waals surface area contributed by atoms with Crippen LogP contribution in [0.4, 0.5) is 4.79 Å². The number of carbonyl (C=O) groups is 1. The third kappa shape index (κ3) is 6.81. The largest absolute Gasteiger partial charge is 0.511 e. The SMILES string of the molecule is C=C1CC[C@@]2(O)C3Cc4ccc(OCOC(=O)OCCCCCCCCCCCCCCCC)c5c4[C@@]2(CCN3CC2CC2)[C@@]1(O)O5. The Bertz CT molecular complexity index is 1250. The third-order valence-electron chi connectivity index (χ3n) is 12.0. The van der Waals surface area contributed by atoms with E-state index in [0.717, 1.165) is 43.5 Å². The molecule has 2 aliphatic heterocycles. The van der Waals surface area contributed by atoms with Crippen molar-refractivity contribution in [1.82, 2.24) is 4.90 Å². The second-order valence-corrected chi connectivity index (χ2v) is 15.1. The van der Waals surface area contributed by atoms with Crippen LogP contribution in [-0.4, -0.2) is 65.2 Å². The number of hydrogen-bond acceptors (Lipinski definition) is 8. The minimum atomic E-state index is -1.71. The summed E-state index contributed by atoms with van der Waals surface area (Å²) in [5.41, 5.74) is 0.357. The van der Waals surface area contributed by atoms with Crippen molar-refractivity contribution < 1.29 is 34.0 Å². The molecular weight excluding hydrogens is 594 g/mol. The van der Waals surface area contributed by atoms with E-state index in [4.69, 9.17) is 18.9 Å². The number of likely N-dealkylation sites (tertiary alicyclic amines) is 1. The van der Waals surface area contributed by atoms with Crippen LogP contribution >= 0.6 is 0 Å². The van der Waals surface area contributed by atoms with Crippen molar-refractivity contribution in [2.45, 2.75) is 158 Å². The van der Waals surface area contributed by atoms with Gasteiger partial charge in [-0.25, -0.2) is 4.79 Å². The van der Waals surface area contributed by atoms with Crippen LogP contribution < -0.4 is 9.47 Å². The fraction of sp³-hybridized carbons (Fsp3) is 0.769. The van der Waals surface area contributed by atoms with Gasteiger partial charge in [-0.15, -0.1) is 0 Å². The number of unbranched alkanes of at least 4 members (excludes halogenated alkanes) is 13. The summed E-state index contributed by atoms with van der Waals surface area (Å²) >= 11 is 0. The zero-order chi connectivity index (χ0) is 32.9. The van der Waals surface area contributed by atoms with E-state index in [1.54, 1.807) is 0 Å². The first-order chi connectivity index (χ1) is 22.8. The summed E-state index contributed by atoms with van der Waals surface area (Å²) in [4.78, 5) is 14.7. The van der Waals surface area contributed by atoms with E-state index in [9.17, 15) is 15.0 Å². The van der Waals surface area contributed by atoms with Gasteiger partial charge in [0.15, 0.2) is 11.5 Å². The molecule has 1 saturated heterocycles. The lowest BCUT2D eigenvalue weighted by atomic mass is 9.47. The van der Waals surface area contributed by atoms with Crippen molar-refractivity contribution in [3.05, 3.63) is 35.4 Å². The first kappa shape index (κ1) is 34.6. The van der Waals surface area contributed by atoms with Crippen molar-refractivity contribution in [3.8, 4) is 11.5 Å². The van der Waals surface area contributed by atoms with Gasteiger partial charge in [0.1, 0.15) is 5.41 Å². The van der Waals surface area contributed by atoms with Crippen LogP contribution in [0.3, 0.4) is 0 Å². The maximum Gasteiger partial charge on any atom is 0.511 e. The van der Waals surface area contributed by atoms with Gasteiger partial charge in [0.2, 0.25) is 12.6 Å². The summed E-state index contributed by atoms with van der Waals surface area (Å²) in [6, 6.07) is 3.76. The fourth-order valence-electron chi connectivity index (χ4n) is 9.19. The average Bonchev–Trinajstić information content (AvgIpc) is 3.82. The van der Waals surface area contributed by atoms with Gasteiger partial charge < -0.3 is 29.2 Å². The molecule has 262 valence electrons. The molecule has 1 aromatic rings. The quantitative estimate of drug-likeness (QED) is 0.0631. The predicted molar refractivity (Wildman–Crippen MR) is 182 cm³/mol. The number of hydrogen-bond donors (Lipinski definition) is 2. The van der Waals surface area contributed by atoms with E-state index in [1.165, 1.54) is 83.5 Å². The Morgan fingerprint density at radius 3 is 2.26 bits per heavy atom. The molecule has 3 aliphatic carbocycles. The van der Waals surface area contributed by atoms with E-state index in [1.807, 2.05) is 12.1 Å². The van der Waals surface area contributed by atoms with Crippen molar-refractivity contribution in [2.24, 2.45) is 5.92 Å². The fourth-order valence-corrected chi connectivity index (χ4v) is 9.19. The molecule has 1 unspecified atom stereocenters. The Kier molecular flexibility index (Phi) is 11.1. The normalized spacial score (nSPS) is 28.9. The van der Waals surface area contributed by atoms with E-state index < -0.39 is 23.0 Å². The van der Waals surface area contributed by atoms with E-state index in [2.05, 4.69) is 18.4 Å². The summed E-state index contributed by atoms with van der Waals surface area (Å²) in [5.74, 6) is -0.188. The predicted octanol–water partition coefficient (Wildman–Crippen LogP) is 8.10. The topological polar surface area (TPSA) is 97.7 Å². The summed E-state index contributed by atoms with van der Waals surface area (Å²) < 4.78 is 22.8. The van der Waals surface area contributed by atoms with Crippen LogP contribution in [0.5, 0.6) is 11.5 Å². The van der Waals surface area contributed by atoms with Gasteiger partial charge in [-0.05, 0) is 74.6 Å². The van der Waals surface area contributed by atoms with Crippen LogP contribution in [0.1, 0.15) is 140 Å². The van der Waals surface area contributed by atoms with Gasteiger partial charge in [-0.3, -0.25) is 4.90 Å². The first-order valence-electron chi connectivity index (χ1n) is 19.0. The Labute approximate surface area is 282 Å². The Morgan fingerprint density at radius 1 is 0.936 bits per heavy atom. The van der Waals surface area contributed by atoms with Gasteiger partial charge in [-0.1, -0.05) is 103 Å². The molecule has 8 nitrogen and oxygen atoms in total. The van der Waals surface area contributed by atoms with Crippen molar-refractivity contribution in [2.75, 3.05) is 26.5 Å². The lowest BCUT2D eigenvalue weighted by molar-refractivity contribution is -0.262. The molecule has 2 bridgehead atoms. The highest BCUT2D eigenvalue weighted by molar-refractivity contribution is 5.65. The molecule has 5 aliphatic rings. The van der Waals surface area contributed by atoms with Gasteiger partial charge in [0, 0.05) is 18.2 Å². The van der Waals surface area contributed by atoms with Crippen LogP contribution in [-0.2, 0) is 21.3 Å². The smallest absolute Gasteiger partial charge is 0.453 e. The van der Waals surface area contributed by atoms with Gasteiger partial charge in [-0.2, -0.15) is 0 Å². The number of piperidine rings is 1. The molecule has 8 heteroatoms. The van der Waals surface area contributed by atoms with Crippen LogP contribution in [0.2, 0.25) is 0 Å². The molecule has 2 N–H and O–H groups in total. The lowest BCUT2D eigenvalue weighted by Crippen LogP contribution is -2.79. The third-order valence-corrected chi connectivity index (χ3v) is 12.0. The lowest BCUT2D eigenvalue weighted by Gasteiger charge is -2.65. The molecule has 2 heterocycles. The molecule has 0 aromatic heterocycles. The Hall–Kier alpha value is -2.29. The summed E-state index contributed by atoms with van der Waals surface area (Å²) in [5, 5.41) is 24.7. The summed E-state index contributed by atoms with van der Waals surface area (Å²) in [6.45, 7) is 8.28. The van der Waals surface area contributed by atoms with E-state index >= 15 is 0 Å². The number of benzene rings is 1. The number of carbonyl (C=O) groups excluding carboxylic acids is 1. The van der Waals surface area contributed by atoms with Crippen molar-refractivity contribution >= 4 is 6.16 Å². The highest BCUT2D eigenvalue weighted by Gasteiger charge is 2.78.